The van der Waals surface area contributed by atoms with Crippen molar-refractivity contribution >= 4 is 17.7 Å². The van der Waals surface area contributed by atoms with E-state index in [4.69, 9.17) is 14.2 Å². The van der Waals surface area contributed by atoms with E-state index >= 15 is 0 Å². The first-order valence-corrected chi connectivity index (χ1v) is 10.5. The van der Waals surface area contributed by atoms with E-state index in [0.717, 1.165) is 57.4 Å². The molecular weight excluding hydrogens is 400 g/mol. The monoisotopic (exact) mass is 428 g/mol. The number of ether oxygens (including phenoxy) is 3. The fourth-order valence-electron chi connectivity index (χ4n) is 3.32. The van der Waals surface area contributed by atoms with E-state index in [1.54, 1.807) is 30.5 Å². The molecular formula is C21H28N6O4. The molecule has 0 atom stereocenters. The number of hydrogen-bond acceptors (Lipinski definition) is 10. The summed E-state index contributed by atoms with van der Waals surface area (Å²) in [5, 5.41) is 13.6. The molecule has 0 bridgehead atoms. The molecule has 3 heterocycles. The minimum Gasteiger partial charge on any atom is -0.508 e. The Morgan fingerprint density at radius 2 is 1.74 bits per heavy atom. The van der Waals surface area contributed by atoms with Crippen LogP contribution in [0, 0.1) is 0 Å². The Labute approximate surface area is 181 Å². The van der Waals surface area contributed by atoms with Crippen LogP contribution in [0.25, 0.3) is 0 Å². The number of phenolic OH excluding ortho intramolecular Hbond substituents is 1. The number of benzene rings is 1. The topological polar surface area (TPSA) is 105 Å². The highest BCUT2D eigenvalue weighted by molar-refractivity contribution is 5.76. The Kier molecular flexibility index (Phi) is 7.48. The van der Waals surface area contributed by atoms with Gasteiger partial charge in [0.1, 0.15) is 18.2 Å². The molecule has 2 aliphatic rings. The lowest BCUT2D eigenvalue weighted by Gasteiger charge is -2.28. The van der Waals surface area contributed by atoms with Gasteiger partial charge in [0.05, 0.1) is 38.3 Å². The Bertz CT molecular complexity index is 851. The van der Waals surface area contributed by atoms with E-state index < -0.39 is 0 Å². The molecule has 166 valence electrons. The van der Waals surface area contributed by atoms with Crippen molar-refractivity contribution in [2.75, 3.05) is 76.1 Å². The van der Waals surface area contributed by atoms with Crippen LogP contribution in [-0.2, 0) is 9.47 Å². The van der Waals surface area contributed by atoms with E-state index in [9.17, 15) is 5.11 Å². The second-order valence-electron chi connectivity index (χ2n) is 7.24. The van der Waals surface area contributed by atoms with Gasteiger partial charge in [0.25, 0.3) is 0 Å². The fraction of sp³-hybridized carbons (Fsp3) is 0.476. The minimum absolute atomic E-state index is 0.204. The Hall–Kier alpha value is -2.95. The Balaban J connectivity index is 1.42. The number of rotatable bonds is 8. The van der Waals surface area contributed by atoms with Crippen molar-refractivity contribution in [3.63, 3.8) is 0 Å². The summed E-state index contributed by atoms with van der Waals surface area (Å²) in [5.74, 6) is 1.98. The average Bonchev–Trinajstić information content (AvgIpc) is 2.82. The van der Waals surface area contributed by atoms with Crippen LogP contribution in [0.1, 0.15) is 5.82 Å². The summed E-state index contributed by atoms with van der Waals surface area (Å²) in [5.41, 5.74) is 3.66. The molecule has 4 rings (SSSR count). The number of aromatic hydroxyl groups is 1. The first-order chi connectivity index (χ1) is 15.3. The number of nitrogens with zero attached hydrogens (tertiary/aromatic N) is 5. The van der Waals surface area contributed by atoms with Gasteiger partial charge in [0.2, 0.25) is 5.88 Å². The van der Waals surface area contributed by atoms with Gasteiger partial charge in [-0.3, -0.25) is 10.3 Å². The second kappa shape index (κ2) is 10.9. The number of hydrazone groups is 1. The predicted molar refractivity (Wildman–Crippen MR) is 117 cm³/mol. The highest BCUT2D eigenvalue weighted by atomic mass is 16.5. The fourth-order valence-corrected chi connectivity index (χ4v) is 3.32. The molecule has 0 radical (unpaired) electrons. The summed E-state index contributed by atoms with van der Waals surface area (Å²) in [6.45, 7) is 7.63. The molecule has 10 heteroatoms. The third-order valence-corrected chi connectivity index (χ3v) is 5.04. The zero-order chi connectivity index (χ0) is 21.3. The molecule has 0 spiro atoms. The molecule has 2 saturated heterocycles. The van der Waals surface area contributed by atoms with E-state index in [-0.39, 0.29) is 5.75 Å². The summed E-state index contributed by atoms with van der Waals surface area (Å²) < 4.78 is 16.8. The van der Waals surface area contributed by atoms with Crippen molar-refractivity contribution in [3.05, 3.63) is 36.2 Å². The third kappa shape index (κ3) is 6.51. The maximum atomic E-state index is 9.38. The van der Waals surface area contributed by atoms with Gasteiger partial charge in [-0.05, 0) is 24.3 Å². The molecule has 10 nitrogen and oxygen atoms in total. The van der Waals surface area contributed by atoms with Gasteiger partial charge in [-0.15, -0.1) is 0 Å². The zero-order valence-corrected chi connectivity index (χ0v) is 17.4. The number of phenols is 1. The predicted octanol–water partition coefficient (Wildman–Crippen LogP) is 1.18. The van der Waals surface area contributed by atoms with Crippen LogP contribution >= 0.6 is 0 Å². The van der Waals surface area contributed by atoms with E-state index in [1.807, 2.05) is 6.07 Å². The largest absolute Gasteiger partial charge is 0.508 e. The highest BCUT2D eigenvalue weighted by Crippen LogP contribution is 2.19. The van der Waals surface area contributed by atoms with Crippen LogP contribution in [0.3, 0.4) is 0 Å². The second-order valence-corrected chi connectivity index (χ2v) is 7.24. The van der Waals surface area contributed by atoms with Gasteiger partial charge in [-0.2, -0.15) is 10.1 Å². The van der Waals surface area contributed by atoms with Gasteiger partial charge in [0, 0.05) is 38.8 Å². The van der Waals surface area contributed by atoms with Crippen LogP contribution in [-0.4, -0.2) is 91.9 Å². The summed E-state index contributed by atoms with van der Waals surface area (Å²) >= 11 is 0. The number of anilines is 2. The van der Waals surface area contributed by atoms with Crippen LogP contribution in [0.5, 0.6) is 11.6 Å². The standard InChI is InChI=1S/C21H28N6O4/c28-18-3-1-17(2-4-18)25-22-16-19-23-20(27-8-12-30-13-9-27)15-21(24-19)31-14-7-26-5-10-29-11-6-26/h1-4,15-16,25,28H,5-14H2. The van der Waals surface area contributed by atoms with Crippen molar-refractivity contribution in [2.24, 2.45) is 5.10 Å². The number of aromatic nitrogens is 2. The zero-order valence-electron chi connectivity index (χ0n) is 17.4. The number of morpholine rings is 2. The summed E-state index contributed by atoms with van der Waals surface area (Å²) in [4.78, 5) is 13.6. The van der Waals surface area contributed by atoms with Crippen molar-refractivity contribution < 1.29 is 19.3 Å². The molecule has 1 aromatic carbocycles. The first-order valence-electron chi connectivity index (χ1n) is 10.5. The lowest BCUT2D eigenvalue weighted by atomic mass is 10.3. The SMILES string of the molecule is Oc1ccc(NN=Cc2nc(OCCN3CCOCC3)cc(N3CCOCC3)n2)cc1. The lowest BCUT2D eigenvalue weighted by Crippen LogP contribution is -2.38. The summed E-state index contributed by atoms with van der Waals surface area (Å²) in [6, 6.07) is 8.52. The summed E-state index contributed by atoms with van der Waals surface area (Å²) in [7, 11) is 0. The van der Waals surface area contributed by atoms with E-state index in [0.29, 0.717) is 31.5 Å². The van der Waals surface area contributed by atoms with Crippen LogP contribution < -0.4 is 15.1 Å². The molecule has 0 aliphatic carbocycles. The van der Waals surface area contributed by atoms with Gasteiger partial charge in [-0.25, -0.2) is 4.98 Å². The van der Waals surface area contributed by atoms with Crippen molar-refractivity contribution in [2.45, 2.75) is 0 Å². The smallest absolute Gasteiger partial charge is 0.219 e. The molecule has 0 unspecified atom stereocenters. The molecule has 0 amide bonds. The van der Waals surface area contributed by atoms with Crippen LogP contribution in [0.4, 0.5) is 11.5 Å². The maximum Gasteiger partial charge on any atom is 0.219 e. The van der Waals surface area contributed by atoms with Crippen LogP contribution in [0.2, 0.25) is 0 Å². The summed E-state index contributed by atoms with van der Waals surface area (Å²) in [6.07, 6.45) is 1.56. The quantitative estimate of drug-likeness (QED) is 0.364. The number of nitrogens with one attached hydrogen (secondary N) is 1. The third-order valence-electron chi connectivity index (χ3n) is 5.04. The lowest BCUT2D eigenvalue weighted by molar-refractivity contribution is 0.0320. The maximum absolute atomic E-state index is 9.38. The Morgan fingerprint density at radius 3 is 2.48 bits per heavy atom. The molecule has 2 fully saturated rings. The molecule has 2 N–H and O–H groups in total. The normalized spacial score (nSPS) is 17.7. The van der Waals surface area contributed by atoms with Gasteiger partial charge in [0.15, 0.2) is 5.82 Å². The first kappa shape index (κ1) is 21.3. The van der Waals surface area contributed by atoms with Gasteiger partial charge < -0.3 is 24.2 Å². The van der Waals surface area contributed by atoms with Gasteiger partial charge in [-0.1, -0.05) is 0 Å². The van der Waals surface area contributed by atoms with E-state index in [2.05, 4.69) is 30.3 Å². The molecule has 2 aromatic rings. The highest BCUT2D eigenvalue weighted by Gasteiger charge is 2.16. The molecule has 0 saturated carbocycles. The van der Waals surface area contributed by atoms with Crippen LogP contribution in [0.15, 0.2) is 35.4 Å². The molecule has 1 aromatic heterocycles. The van der Waals surface area contributed by atoms with Crippen molar-refractivity contribution in [1.29, 1.82) is 0 Å². The van der Waals surface area contributed by atoms with Gasteiger partial charge >= 0.3 is 0 Å². The van der Waals surface area contributed by atoms with Crippen molar-refractivity contribution in [1.82, 2.24) is 14.9 Å². The molecule has 2 aliphatic heterocycles. The number of hydrogen-bond donors (Lipinski definition) is 2. The average molecular weight is 428 g/mol. The minimum atomic E-state index is 0.204. The molecule has 31 heavy (non-hydrogen) atoms. The van der Waals surface area contributed by atoms with Crippen molar-refractivity contribution in [3.8, 4) is 11.6 Å². The Morgan fingerprint density at radius 1 is 1.03 bits per heavy atom. The van der Waals surface area contributed by atoms with E-state index in [1.165, 1.54) is 0 Å².